The van der Waals surface area contributed by atoms with Gasteiger partial charge in [-0.3, -0.25) is 10.1 Å². The predicted octanol–water partition coefficient (Wildman–Crippen LogP) is 2.99. The van der Waals surface area contributed by atoms with Crippen LogP contribution in [0.5, 0.6) is 5.88 Å². The second kappa shape index (κ2) is 6.36. The van der Waals surface area contributed by atoms with Gasteiger partial charge in [-0.05, 0) is 18.8 Å². The zero-order valence-corrected chi connectivity index (χ0v) is 11.1. The summed E-state index contributed by atoms with van der Waals surface area (Å²) < 4.78 is 5.62. The van der Waals surface area contributed by atoms with Crippen LogP contribution in [0.2, 0.25) is 0 Å². The van der Waals surface area contributed by atoms with Crippen LogP contribution < -0.4 is 10.1 Å². The summed E-state index contributed by atoms with van der Waals surface area (Å²) >= 11 is 0. The Morgan fingerprint density at radius 2 is 2.16 bits per heavy atom. The molecule has 2 rings (SSSR count). The molecule has 0 spiro atoms. The zero-order chi connectivity index (χ0) is 13.7. The van der Waals surface area contributed by atoms with Crippen LogP contribution in [0.3, 0.4) is 0 Å². The van der Waals surface area contributed by atoms with Crippen molar-refractivity contribution >= 4 is 11.5 Å². The van der Waals surface area contributed by atoms with Crippen LogP contribution in [0.25, 0.3) is 0 Å². The minimum Gasteiger partial charge on any atom is -0.477 e. The van der Waals surface area contributed by atoms with Gasteiger partial charge in [-0.1, -0.05) is 19.3 Å². The second-order valence-electron chi connectivity index (χ2n) is 4.87. The van der Waals surface area contributed by atoms with Crippen molar-refractivity contribution in [1.29, 1.82) is 0 Å². The molecule has 19 heavy (non-hydrogen) atoms. The van der Waals surface area contributed by atoms with Gasteiger partial charge >= 0.3 is 0 Å². The van der Waals surface area contributed by atoms with E-state index < -0.39 is 4.92 Å². The van der Waals surface area contributed by atoms with E-state index in [1.165, 1.54) is 44.2 Å². The molecule has 6 nitrogen and oxygen atoms in total. The summed E-state index contributed by atoms with van der Waals surface area (Å²) in [4.78, 5) is 14.6. The Kier molecular flexibility index (Phi) is 4.54. The van der Waals surface area contributed by atoms with Gasteiger partial charge in [-0.25, -0.2) is 0 Å². The van der Waals surface area contributed by atoms with Crippen molar-refractivity contribution in [1.82, 2.24) is 4.98 Å². The summed E-state index contributed by atoms with van der Waals surface area (Å²) in [5.41, 5.74) is -0.00186. The van der Waals surface area contributed by atoms with E-state index in [9.17, 15) is 10.1 Å². The number of anilines is 1. The second-order valence-corrected chi connectivity index (χ2v) is 4.87. The Bertz CT molecular complexity index is 445. The molecule has 1 aliphatic carbocycles. The molecule has 1 aromatic rings. The molecule has 1 fully saturated rings. The van der Waals surface area contributed by atoms with E-state index in [1.807, 2.05) is 0 Å². The normalized spacial score (nSPS) is 16.1. The maximum atomic E-state index is 10.8. The fraction of sp³-hybridized carbons (Fsp3) is 0.615. The summed E-state index contributed by atoms with van der Waals surface area (Å²) in [6.45, 7) is 0.595. The van der Waals surface area contributed by atoms with Gasteiger partial charge in [0.15, 0.2) is 0 Å². The van der Waals surface area contributed by atoms with E-state index in [0.29, 0.717) is 24.2 Å². The van der Waals surface area contributed by atoms with Crippen molar-refractivity contribution in [2.75, 3.05) is 19.0 Å². The SMILES string of the molecule is CNc1cc([N+](=O)[O-])cc(OCC2CCCCC2)n1. The molecular weight excluding hydrogens is 246 g/mol. The first kappa shape index (κ1) is 13.6. The Morgan fingerprint density at radius 1 is 1.42 bits per heavy atom. The van der Waals surface area contributed by atoms with Crippen molar-refractivity contribution in [3.63, 3.8) is 0 Å². The molecule has 1 aromatic heterocycles. The predicted molar refractivity (Wildman–Crippen MR) is 72.5 cm³/mol. The Labute approximate surface area is 112 Å². The lowest BCUT2D eigenvalue weighted by atomic mass is 9.90. The number of nitrogens with zero attached hydrogens (tertiary/aromatic N) is 2. The summed E-state index contributed by atoms with van der Waals surface area (Å²) in [5, 5.41) is 13.6. The van der Waals surface area contributed by atoms with Crippen LogP contribution in [0.4, 0.5) is 11.5 Å². The number of nitro groups is 1. The first-order valence-corrected chi connectivity index (χ1v) is 6.66. The molecule has 0 radical (unpaired) electrons. The van der Waals surface area contributed by atoms with Crippen LogP contribution in [0.1, 0.15) is 32.1 Å². The zero-order valence-electron chi connectivity index (χ0n) is 11.1. The highest BCUT2D eigenvalue weighted by Gasteiger charge is 2.16. The highest BCUT2D eigenvalue weighted by atomic mass is 16.6. The van der Waals surface area contributed by atoms with E-state index in [0.717, 1.165) is 0 Å². The molecule has 0 aromatic carbocycles. The Morgan fingerprint density at radius 3 is 2.79 bits per heavy atom. The number of hydrogen-bond donors (Lipinski definition) is 1. The van der Waals surface area contributed by atoms with E-state index in [4.69, 9.17) is 4.74 Å². The van der Waals surface area contributed by atoms with Crippen molar-refractivity contribution < 1.29 is 9.66 Å². The quantitative estimate of drug-likeness (QED) is 0.654. The molecule has 1 heterocycles. The van der Waals surface area contributed by atoms with E-state index in [1.54, 1.807) is 7.05 Å². The van der Waals surface area contributed by atoms with Gasteiger partial charge in [0, 0.05) is 7.05 Å². The minimum absolute atomic E-state index is 0.00186. The number of nitrogens with one attached hydrogen (secondary N) is 1. The lowest BCUT2D eigenvalue weighted by Gasteiger charge is -2.21. The van der Waals surface area contributed by atoms with Crippen LogP contribution in [-0.4, -0.2) is 23.6 Å². The van der Waals surface area contributed by atoms with Crippen LogP contribution >= 0.6 is 0 Å². The molecule has 1 N–H and O–H groups in total. The maximum absolute atomic E-state index is 10.8. The first-order valence-electron chi connectivity index (χ1n) is 6.66. The molecule has 0 amide bonds. The molecule has 0 bridgehead atoms. The van der Waals surface area contributed by atoms with E-state index in [2.05, 4.69) is 10.3 Å². The van der Waals surface area contributed by atoms with Crippen molar-refractivity contribution in [3.8, 4) is 5.88 Å². The Balaban J connectivity index is 2.02. The summed E-state index contributed by atoms with van der Waals surface area (Å²) in [6, 6.07) is 2.77. The topological polar surface area (TPSA) is 77.3 Å². The van der Waals surface area contributed by atoms with Crippen molar-refractivity contribution in [2.24, 2.45) is 5.92 Å². The number of rotatable bonds is 5. The molecule has 1 aliphatic rings. The number of ether oxygens (including phenoxy) is 1. The number of hydrogen-bond acceptors (Lipinski definition) is 5. The molecular formula is C13H19N3O3. The Hall–Kier alpha value is -1.85. The molecule has 0 saturated heterocycles. The standard InChI is InChI=1S/C13H19N3O3/c1-14-12-7-11(16(17)18)8-13(15-12)19-9-10-5-3-2-4-6-10/h7-8,10H,2-6,9H2,1H3,(H,14,15). The minimum atomic E-state index is -0.435. The molecule has 6 heteroatoms. The lowest BCUT2D eigenvalue weighted by Crippen LogP contribution is -2.15. The molecule has 0 aliphatic heterocycles. The van der Waals surface area contributed by atoms with E-state index in [-0.39, 0.29) is 5.69 Å². The summed E-state index contributed by atoms with van der Waals surface area (Å²) in [5.74, 6) is 1.32. The lowest BCUT2D eigenvalue weighted by molar-refractivity contribution is -0.384. The van der Waals surface area contributed by atoms with Crippen LogP contribution in [-0.2, 0) is 0 Å². The van der Waals surface area contributed by atoms with Crippen LogP contribution in [0.15, 0.2) is 12.1 Å². The molecule has 0 atom stereocenters. The summed E-state index contributed by atoms with van der Waals surface area (Å²) in [7, 11) is 1.68. The van der Waals surface area contributed by atoms with Gasteiger partial charge in [-0.15, -0.1) is 0 Å². The summed E-state index contributed by atoms with van der Waals surface area (Å²) in [6.07, 6.45) is 6.15. The highest BCUT2D eigenvalue weighted by molar-refractivity contribution is 5.47. The third kappa shape index (κ3) is 3.81. The fourth-order valence-electron chi connectivity index (χ4n) is 2.36. The highest BCUT2D eigenvalue weighted by Crippen LogP contribution is 2.26. The van der Waals surface area contributed by atoms with Crippen LogP contribution in [0, 0.1) is 16.0 Å². The van der Waals surface area contributed by atoms with Crippen molar-refractivity contribution in [3.05, 3.63) is 22.2 Å². The number of pyridine rings is 1. The molecule has 0 unspecified atom stereocenters. The fourth-order valence-corrected chi connectivity index (χ4v) is 2.36. The third-order valence-corrected chi connectivity index (χ3v) is 3.45. The average molecular weight is 265 g/mol. The maximum Gasteiger partial charge on any atom is 0.278 e. The van der Waals surface area contributed by atoms with Gasteiger partial charge in [0.2, 0.25) is 5.88 Å². The molecule has 104 valence electrons. The monoisotopic (exact) mass is 265 g/mol. The van der Waals surface area contributed by atoms with Gasteiger partial charge < -0.3 is 10.1 Å². The smallest absolute Gasteiger partial charge is 0.278 e. The third-order valence-electron chi connectivity index (χ3n) is 3.45. The largest absolute Gasteiger partial charge is 0.477 e. The van der Waals surface area contributed by atoms with Gasteiger partial charge in [0.25, 0.3) is 5.69 Å². The van der Waals surface area contributed by atoms with Gasteiger partial charge in [0.05, 0.1) is 23.7 Å². The molecule has 1 saturated carbocycles. The van der Waals surface area contributed by atoms with E-state index >= 15 is 0 Å². The number of aromatic nitrogens is 1. The average Bonchev–Trinajstić information content (AvgIpc) is 2.45. The van der Waals surface area contributed by atoms with Gasteiger partial charge in [0.1, 0.15) is 5.82 Å². The van der Waals surface area contributed by atoms with Gasteiger partial charge in [-0.2, -0.15) is 4.98 Å². The first-order chi connectivity index (χ1) is 9.19. The van der Waals surface area contributed by atoms with Crippen molar-refractivity contribution in [2.45, 2.75) is 32.1 Å².